The van der Waals surface area contributed by atoms with Gasteiger partial charge in [0.2, 0.25) is 0 Å². The van der Waals surface area contributed by atoms with Gasteiger partial charge in [-0.25, -0.2) is 0 Å². The lowest BCUT2D eigenvalue weighted by molar-refractivity contribution is -0.133. The van der Waals surface area contributed by atoms with Crippen LogP contribution in [0.5, 0.6) is 0 Å². The molecule has 6 atom stereocenters. The van der Waals surface area contributed by atoms with E-state index in [0.717, 1.165) is 38.5 Å². The van der Waals surface area contributed by atoms with Crippen molar-refractivity contribution in [3.8, 4) is 0 Å². The molecule has 0 aliphatic heterocycles. The van der Waals surface area contributed by atoms with Gasteiger partial charge in [-0.2, -0.15) is 0 Å². The highest BCUT2D eigenvalue weighted by Gasteiger charge is 2.61. The molecule has 0 aromatic carbocycles. The highest BCUT2D eigenvalue weighted by atomic mass is 16.6. The molecule has 4 rings (SSSR count). The summed E-state index contributed by atoms with van der Waals surface area (Å²) in [7, 11) is 0. The van der Waals surface area contributed by atoms with Crippen molar-refractivity contribution in [2.45, 2.75) is 65.2 Å². The molecule has 4 aliphatic rings. The Kier molecular flexibility index (Phi) is 4.53. The van der Waals surface area contributed by atoms with Crippen LogP contribution in [0.15, 0.2) is 17.3 Å². The Bertz CT molecular complexity index is 642. The van der Waals surface area contributed by atoms with Crippen LogP contribution in [0.1, 0.15) is 65.2 Å². The number of allylic oxidation sites excluding steroid dienone is 1. The second-order valence-electron chi connectivity index (χ2n) is 9.71. The Labute approximate surface area is 157 Å². The molecule has 0 heterocycles. The van der Waals surface area contributed by atoms with Crippen molar-refractivity contribution in [2.75, 3.05) is 13.2 Å². The third-order valence-electron chi connectivity index (χ3n) is 8.58. The Hall–Kier alpha value is -1.16. The lowest BCUT2D eigenvalue weighted by Gasteiger charge is -2.60. The molecule has 2 N–H and O–H groups in total. The number of hydrogen-bond acceptors (Lipinski definition) is 4. The van der Waals surface area contributed by atoms with Gasteiger partial charge in [0.1, 0.15) is 12.4 Å². The van der Waals surface area contributed by atoms with Gasteiger partial charge < -0.3 is 10.6 Å². The first kappa shape index (κ1) is 18.2. The molecule has 0 aromatic rings. The number of carbonyl (C=O) groups excluding carboxylic acids is 1. The molecular formula is C22H34N2O2. The fraction of sp³-hybridized carbons (Fsp3) is 0.818. The Morgan fingerprint density at radius 3 is 2.77 bits per heavy atom. The maximum Gasteiger partial charge on any atom is 0.139 e. The number of fused-ring (bicyclic) bond motifs is 5. The summed E-state index contributed by atoms with van der Waals surface area (Å²) in [4.78, 5) is 17.9. The average Bonchev–Trinajstić information content (AvgIpc) is 2.92. The van der Waals surface area contributed by atoms with Crippen LogP contribution in [-0.2, 0) is 9.63 Å². The van der Waals surface area contributed by atoms with Gasteiger partial charge in [0, 0.05) is 18.4 Å². The molecule has 1 unspecified atom stereocenters. The number of nitrogens with zero attached hydrogens (tertiary/aromatic N) is 1. The molecule has 0 spiro atoms. The standard InChI is InChI=1S/C22H34N2O2/c1-14-12-15-13-16(24-26-11-10-23)6-8-21(15,2)18-7-9-22(3)17(20(14)18)4-5-19(22)25/h15,17-18,20H,1,4-13,23H2,2-3H3/t15?,17-,18-,20-,21-,22-/m0/s1. The van der Waals surface area contributed by atoms with Gasteiger partial charge in [-0.05, 0) is 74.0 Å². The Morgan fingerprint density at radius 1 is 1.19 bits per heavy atom. The summed E-state index contributed by atoms with van der Waals surface area (Å²) in [6, 6.07) is 0. The molecule has 0 saturated heterocycles. The molecule has 0 amide bonds. The Morgan fingerprint density at radius 2 is 2.00 bits per heavy atom. The second kappa shape index (κ2) is 6.47. The molecule has 4 saturated carbocycles. The summed E-state index contributed by atoms with van der Waals surface area (Å²) in [6.45, 7) is 10.3. The van der Waals surface area contributed by atoms with Crippen molar-refractivity contribution in [1.82, 2.24) is 0 Å². The number of nitrogens with two attached hydrogens (primary N) is 1. The molecule has 4 aliphatic carbocycles. The van der Waals surface area contributed by atoms with Crippen molar-refractivity contribution in [1.29, 1.82) is 0 Å². The minimum atomic E-state index is -0.0787. The summed E-state index contributed by atoms with van der Waals surface area (Å²) < 4.78 is 0. The van der Waals surface area contributed by atoms with E-state index in [1.165, 1.54) is 24.1 Å². The molecule has 4 fully saturated rings. The highest BCUT2D eigenvalue weighted by molar-refractivity contribution is 5.87. The zero-order valence-corrected chi connectivity index (χ0v) is 16.4. The predicted octanol–water partition coefficient (Wildman–Crippen LogP) is 4.10. The van der Waals surface area contributed by atoms with E-state index in [-0.39, 0.29) is 5.41 Å². The van der Waals surface area contributed by atoms with Crippen LogP contribution in [0.4, 0.5) is 0 Å². The fourth-order valence-corrected chi connectivity index (χ4v) is 6.98. The van der Waals surface area contributed by atoms with Gasteiger partial charge in [-0.1, -0.05) is 31.2 Å². The second-order valence-corrected chi connectivity index (χ2v) is 9.71. The Balaban J connectivity index is 1.57. The van der Waals surface area contributed by atoms with Gasteiger partial charge in [0.25, 0.3) is 0 Å². The smallest absolute Gasteiger partial charge is 0.139 e. The summed E-state index contributed by atoms with van der Waals surface area (Å²) in [5.41, 5.74) is 8.38. The molecule has 0 aromatic heterocycles. The summed E-state index contributed by atoms with van der Waals surface area (Å²) in [5, 5.41) is 4.36. The largest absolute Gasteiger partial charge is 0.395 e. The average molecular weight is 359 g/mol. The summed E-state index contributed by atoms with van der Waals surface area (Å²) >= 11 is 0. The van der Waals surface area contributed by atoms with Crippen molar-refractivity contribution < 1.29 is 9.63 Å². The maximum atomic E-state index is 12.6. The van der Waals surface area contributed by atoms with Gasteiger partial charge in [-0.3, -0.25) is 4.79 Å². The van der Waals surface area contributed by atoms with Crippen LogP contribution in [-0.4, -0.2) is 24.6 Å². The van der Waals surface area contributed by atoms with Crippen LogP contribution in [0.2, 0.25) is 0 Å². The molecule has 26 heavy (non-hydrogen) atoms. The van der Waals surface area contributed by atoms with Gasteiger partial charge in [-0.15, -0.1) is 0 Å². The van der Waals surface area contributed by atoms with E-state index in [2.05, 4.69) is 25.6 Å². The molecule has 144 valence electrons. The number of ketones is 1. The van der Waals surface area contributed by atoms with Crippen molar-refractivity contribution in [3.63, 3.8) is 0 Å². The van der Waals surface area contributed by atoms with Crippen LogP contribution in [0.25, 0.3) is 0 Å². The molecular weight excluding hydrogens is 324 g/mol. The van der Waals surface area contributed by atoms with E-state index < -0.39 is 0 Å². The first-order valence-electron chi connectivity index (χ1n) is 10.5. The van der Waals surface area contributed by atoms with Gasteiger partial charge >= 0.3 is 0 Å². The van der Waals surface area contributed by atoms with Crippen molar-refractivity contribution in [2.24, 2.45) is 45.4 Å². The van der Waals surface area contributed by atoms with E-state index >= 15 is 0 Å². The number of carbonyl (C=O) groups is 1. The molecule has 4 heteroatoms. The zero-order chi connectivity index (χ0) is 18.5. The third-order valence-corrected chi connectivity index (χ3v) is 8.58. The van der Waals surface area contributed by atoms with Crippen molar-refractivity contribution in [3.05, 3.63) is 12.2 Å². The van der Waals surface area contributed by atoms with E-state index in [4.69, 9.17) is 10.6 Å². The van der Waals surface area contributed by atoms with Crippen molar-refractivity contribution >= 4 is 11.5 Å². The number of rotatable bonds is 3. The quantitative estimate of drug-likeness (QED) is 0.469. The van der Waals surface area contributed by atoms with Crippen LogP contribution in [0.3, 0.4) is 0 Å². The molecule has 0 bridgehead atoms. The molecule has 4 nitrogen and oxygen atoms in total. The van der Waals surface area contributed by atoms with Crippen LogP contribution in [0, 0.1) is 34.5 Å². The SMILES string of the molecule is C=C1CC2CC(=NOCCN)CC[C@]2(C)[C@H]2CC[C@]3(C)C(=O)CC[C@H]3[C@H]12. The number of Topliss-reactive ketones (excluding diaryl/α,β-unsaturated/α-hetero) is 1. The highest BCUT2D eigenvalue weighted by Crippen LogP contribution is 2.66. The first-order valence-corrected chi connectivity index (χ1v) is 10.5. The lowest BCUT2D eigenvalue weighted by atomic mass is 9.44. The number of hydrogen-bond donors (Lipinski definition) is 1. The topological polar surface area (TPSA) is 64.7 Å². The third kappa shape index (κ3) is 2.59. The summed E-state index contributed by atoms with van der Waals surface area (Å²) in [5.74, 6) is 2.89. The van der Waals surface area contributed by atoms with Gasteiger partial charge in [0.05, 0.1) is 5.71 Å². The number of oxime groups is 1. The van der Waals surface area contributed by atoms with E-state index in [1.807, 2.05) is 0 Å². The fourth-order valence-electron chi connectivity index (χ4n) is 6.98. The zero-order valence-electron chi connectivity index (χ0n) is 16.4. The van der Waals surface area contributed by atoms with Gasteiger partial charge in [0.15, 0.2) is 0 Å². The van der Waals surface area contributed by atoms with E-state index in [9.17, 15) is 4.79 Å². The normalized spacial score (nSPS) is 46.7. The monoisotopic (exact) mass is 358 g/mol. The van der Waals surface area contributed by atoms with E-state index in [1.54, 1.807) is 0 Å². The first-order chi connectivity index (χ1) is 12.4. The minimum absolute atomic E-state index is 0.0787. The molecule has 0 radical (unpaired) electrons. The lowest BCUT2D eigenvalue weighted by Crippen LogP contribution is -2.54. The maximum absolute atomic E-state index is 12.6. The minimum Gasteiger partial charge on any atom is -0.395 e. The summed E-state index contributed by atoms with van der Waals surface area (Å²) in [6.07, 6.45) is 8.48. The van der Waals surface area contributed by atoms with Crippen LogP contribution >= 0.6 is 0 Å². The van der Waals surface area contributed by atoms with E-state index in [0.29, 0.717) is 48.0 Å². The predicted molar refractivity (Wildman–Crippen MR) is 104 cm³/mol. The van der Waals surface area contributed by atoms with Crippen LogP contribution < -0.4 is 5.73 Å².